The van der Waals surface area contributed by atoms with E-state index in [1.807, 2.05) is 0 Å². The number of nitrogens with one attached hydrogen (secondary N) is 2. The quantitative estimate of drug-likeness (QED) is 0.201. The number of nitro benzene ring substituents is 1. The molecule has 3 heterocycles. The molecule has 0 aliphatic carbocycles. The molecule has 168 valence electrons. The van der Waals surface area contributed by atoms with Crippen LogP contribution in [0.1, 0.15) is 5.76 Å². The third kappa shape index (κ3) is 4.38. The fourth-order valence-corrected chi connectivity index (χ4v) is 2.95. The third-order valence-electron chi connectivity index (χ3n) is 4.57. The van der Waals surface area contributed by atoms with Gasteiger partial charge < -0.3 is 9.73 Å². The number of nitro groups is 1. The molecule has 0 saturated heterocycles. The molecule has 5 aromatic rings. The Balaban J connectivity index is 1.35. The van der Waals surface area contributed by atoms with Crippen molar-refractivity contribution in [2.75, 3.05) is 10.7 Å². The molecule has 0 bridgehead atoms. The molecule has 3 aromatic heterocycles. The fraction of sp³-hybridized carbons (Fsp3) is 0. The summed E-state index contributed by atoms with van der Waals surface area (Å²) in [5.74, 6) is 1.04. The topological polar surface area (TPSA) is 157 Å². The van der Waals surface area contributed by atoms with Crippen LogP contribution < -0.4 is 10.7 Å². The van der Waals surface area contributed by atoms with E-state index in [9.17, 15) is 14.5 Å². The fourth-order valence-electron chi connectivity index (χ4n) is 2.95. The van der Waals surface area contributed by atoms with Gasteiger partial charge in [-0.1, -0.05) is 0 Å². The summed E-state index contributed by atoms with van der Waals surface area (Å²) in [6.45, 7) is 0. The molecule has 0 aliphatic rings. The first-order valence-electron chi connectivity index (χ1n) is 9.72. The van der Waals surface area contributed by atoms with Gasteiger partial charge in [-0.05, 0) is 58.8 Å². The minimum absolute atomic E-state index is 0.00765. The maximum absolute atomic E-state index is 13.2. The number of hydrazone groups is 1. The number of hydrogen-bond donors (Lipinski definition) is 2. The Kier molecular flexibility index (Phi) is 5.32. The molecule has 0 aliphatic heterocycles. The predicted octanol–water partition coefficient (Wildman–Crippen LogP) is 4.51. The molecule has 0 spiro atoms. The highest BCUT2D eigenvalue weighted by atomic mass is 19.1. The van der Waals surface area contributed by atoms with E-state index in [4.69, 9.17) is 4.42 Å². The van der Waals surface area contributed by atoms with Gasteiger partial charge in [0, 0.05) is 23.4 Å². The van der Waals surface area contributed by atoms with Crippen LogP contribution in [0.15, 0.2) is 74.8 Å². The molecule has 13 heteroatoms. The van der Waals surface area contributed by atoms with Crippen molar-refractivity contribution in [1.29, 1.82) is 0 Å². The Morgan fingerprint density at radius 3 is 2.35 bits per heavy atom. The molecule has 0 atom stereocenters. The smallest absolute Gasteiger partial charge is 0.269 e. The summed E-state index contributed by atoms with van der Waals surface area (Å²) in [5, 5.41) is 25.3. The summed E-state index contributed by atoms with van der Waals surface area (Å²) in [7, 11) is 0. The van der Waals surface area contributed by atoms with Crippen LogP contribution in [0.4, 0.5) is 27.4 Å². The van der Waals surface area contributed by atoms with Crippen molar-refractivity contribution in [1.82, 2.24) is 20.3 Å². The zero-order valence-electron chi connectivity index (χ0n) is 17.0. The highest BCUT2D eigenvalue weighted by Crippen LogP contribution is 2.25. The van der Waals surface area contributed by atoms with E-state index in [2.05, 4.69) is 40.8 Å². The number of furan rings is 1. The minimum atomic E-state index is -0.468. The number of halogens is 1. The number of benzene rings is 2. The molecule has 0 saturated carbocycles. The molecule has 34 heavy (non-hydrogen) atoms. The molecule has 0 unspecified atom stereocenters. The maximum atomic E-state index is 13.2. The lowest BCUT2D eigenvalue weighted by molar-refractivity contribution is -0.384. The standard InChI is InChI=1S/C21H13FN8O4/c22-13-3-5-14(6-4-13)24-18-19(26-21-20(25-18)28-34-29-21)27-23-11-16-9-10-17(33-16)12-1-7-15(8-2-12)30(31)32/h1-11H,(H,24,25,28)(H,26,27,29)/b23-11-. The summed E-state index contributed by atoms with van der Waals surface area (Å²) in [4.78, 5) is 18.9. The Morgan fingerprint density at radius 1 is 0.941 bits per heavy atom. The van der Waals surface area contributed by atoms with Gasteiger partial charge in [-0.15, -0.1) is 0 Å². The minimum Gasteiger partial charge on any atom is -0.455 e. The van der Waals surface area contributed by atoms with E-state index in [0.29, 0.717) is 22.8 Å². The van der Waals surface area contributed by atoms with Gasteiger partial charge in [0.1, 0.15) is 17.3 Å². The summed E-state index contributed by atoms with van der Waals surface area (Å²) in [6, 6.07) is 15.1. The first kappa shape index (κ1) is 20.7. The van der Waals surface area contributed by atoms with Crippen LogP contribution in [0.25, 0.3) is 22.6 Å². The summed E-state index contributed by atoms with van der Waals surface area (Å²) in [5.41, 5.74) is 4.34. The van der Waals surface area contributed by atoms with E-state index in [1.54, 1.807) is 24.3 Å². The van der Waals surface area contributed by atoms with Gasteiger partial charge in [0.2, 0.25) is 11.3 Å². The van der Waals surface area contributed by atoms with Crippen LogP contribution in [0, 0.1) is 15.9 Å². The van der Waals surface area contributed by atoms with Gasteiger partial charge in [0.15, 0.2) is 11.6 Å². The molecule has 0 amide bonds. The van der Waals surface area contributed by atoms with Gasteiger partial charge in [0.05, 0.1) is 11.1 Å². The normalized spacial score (nSPS) is 11.2. The van der Waals surface area contributed by atoms with Crippen LogP contribution in [-0.4, -0.2) is 31.4 Å². The molecule has 5 rings (SSSR count). The molecule has 2 aromatic carbocycles. The number of fused-ring (bicyclic) bond motifs is 1. The van der Waals surface area contributed by atoms with E-state index in [-0.39, 0.29) is 34.4 Å². The van der Waals surface area contributed by atoms with Gasteiger partial charge in [-0.2, -0.15) is 10.1 Å². The summed E-state index contributed by atoms with van der Waals surface area (Å²) >= 11 is 0. The number of anilines is 3. The van der Waals surface area contributed by atoms with E-state index in [0.717, 1.165) is 0 Å². The second-order valence-electron chi connectivity index (χ2n) is 6.84. The predicted molar refractivity (Wildman–Crippen MR) is 119 cm³/mol. The van der Waals surface area contributed by atoms with Crippen molar-refractivity contribution in [2.45, 2.75) is 0 Å². The summed E-state index contributed by atoms with van der Waals surface area (Å²) < 4.78 is 23.6. The van der Waals surface area contributed by atoms with Crippen molar-refractivity contribution in [3.8, 4) is 11.3 Å². The average Bonchev–Trinajstić information content (AvgIpc) is 3.50. The second kappa shape index (κ2) is 8.74. The Morgan fingerprint density at radius 2 is 1.65 bits per heavy atom. The molecular weight excluding hydrogens is 447 g/mol. The molecule has 0 radical (unpaired) electrons. The lowest BCUT2D eigenvalue weighted by Gasteiger charge is -2.09. The van der Waals surface area contributed by atoms with Crippen LogP contribution in [0.3, 0.4) is 0 Å². The van der Waals surface area contributed by atoms with Crippen LogP contribution >= 0.6 is 0 Å². The van der Waals surface area contributed by atoms with Gasteiger partial charge in [-0.3, -0.25) is 15.5 Å². The zero-order valence-corrected chi connectivity index (χ0v) is 17.0. The van der Waals surface area contributed by atoms with Gasteiger partial charge >= 0.3 is 0 Å². The van der Waals surface area contributed by atoms with Crippen molar-refractivity contribution in [3.63, 3.8) is 0 Å². The monoisotopic (exact) mass is 460 g/mol. The first-order valence-corrected chi connectivity index (χ1v) is 9.72. The average molecular weight is 460 g/mol. The Bertz CT molecular complexity index is 1500. The Hall–Kier alpha value is -5.20. The number of aromatic nitrogens is 4. The van der Waals surface area contributed by atoms with Crippen molar-refractivity contribution < 1.29 is 18.4 Å². The zero-order chi connectivity index (χ0) is 23.5. The largest absolute Gasteiger partial charge is 0.455 e. The number of rotatable bonds is 7. The molecule has 12 nitrogen and oxygen atoms in total. The highest BCUT2D eigenvalue weighted by Gasteiger charge is 2.13. The second-order valence-corrected chi connectivity index (χ2v) is 6.84. The lowest BCUT2D eigenvalue weighted by atomic mass is 10.1. The van der Waals surface area contributed by atoms with Crippen molar-refractivity contribution in [3.05, 3.63) is 82.4 Å². The van der Waals surface area contributed by atoms with E-state index in [1.165, 1.54) is 42.6 Å². The number of non-ortho nitro benzene ring substituents is 1. The molecule has 0 fully saturated rings. The van der Waals surface area contributed by atoms with Crippen LogP contribution in [-0.2, 0) is 0 Å². The Labute approximate surface area is 189 Å². The third-order valence-corrected chi connectivity index (χ3v) is 4.57. The highest BCUT2D eigenvalue weighted by molar-refractivity contribution is 5.80. The van der Waals surface area contributed by atoms with E-state index >= 15 is 0 Å². The van der Waals surface area contributed by atoms with E-state index < -0.39 is 4.92 Å². The number of hydrogen-bond acceptors (Lipinski definition) is 11. The number of nitrogens with zero attached hydrogens (tertiary/aromatic N) is 6. The van der Waals surface area contributed by atoms with Gasteiger partial charge in [-0.25, -0.2) is 14.0 Å². The van der Waals surface area contributed by atoms with Crippen LogP contribution in [0.2, 0.25) is 0 Å². The molecule has 2 N–H and O–H groups in total. The summed E-state index contributed by atoms with van der Waals surface area (Å²) in [6.07, 6.45) is 1.42. The van der Waals surface area contributed by atoms with Gasteiger partial charge in [0.25, 0.3) is 5.69 Å². The maximum Gasteiger partial charge on any atom is 0.269 e. The lowest BCUT2D eigenvalue weighted by Crippen LogP contribution is -2.03. The van der Waals surface area contributed by atoms with Crippen LogP contribution in [0.5, 0.6) is 0 Å². The SMILES string of the molecule is O=[N+]([O-])c1ccc(-c2ccc(/C=N\Nc3nc4nonc4nc3Nc3ccc(F)cc3)o2)cc1. The first-order chi connectivity index (χ1) is 16.5. The molecular formula is C21H13FN8O4. The van der Waals surface area contributed by atoms with Crippen molar-refractivity contribution >= 4 is 40.5 Å². The van der Waals surface area contributed by atoms with Crippen molar-refractivity contribution in [2.24, 2.45) is 5.10 Å².